The Morgan fingerprint density at radius 1 is 1.35 bits per heavy atom. The summed E-state index contributed by atoms with van der Waals surface area (Å²) in [6.07, 6.45) is 0.976. The van der Waals surface area contributed by atoms with Gasteiger partial charge in [-0.05, 0) is 24.8 Å². The van der Waals surface area contributed by atoms with Crippen molar-refractivity contribution in [3.8, 4) is 0 Å². The topological polar surface area (TPSA) is 17.8 Å². The van der Waals surface area contributed by atoms with Crippen LogP contribution in [0, 0.1) is 11.2 Å². The van der Waals surface area contributed by atoms with Crippen LogP contribution in [0.3, 0.4) is 0 Å². The summed E-state index contributed by atoms with van der Waals surface area (Å²) in [7, 11) is 0. The van der Waals surface area contributed by atoms with Crippen LogP contribution in [0.1, 0.15) is 45.3 Å². The lowest BCUT2D eigenvalue weighted by Crippen LogP contribution is -2.12. The minimum Gasteiger partial charge on any atom is -0.327 e. The molecule has 0 aliphatic heterocycles. The molecule has 0 saturated heterocycles. The zero-order valence-electron chi connectivity index (χ0n) is 12.2. The Kier molecular flexibility index (Phi) is 4.31. The number of aryl methyl sites for hydroxylation is 1. The van der Waals surface area contributed by atoms with Gasteiger partial charge in [-0.3, -0.25) is 0 Å². The van der Waals surface area contributed by atoms with Crippen molar-refractivity contribution in [3.05, 3.63) is 28.8 Å². The summed E-state index contributed by atoms with van der Waals surface area (Å²) < 4.78 is 15.6. The number of benzene rings is 1. The largest absolute Gasteiger partial charge is 0.327 e. The maximum atomic E-state index is 13.6. The summed E-state index contributed by atoms with van der Waals surface area (Å²) in [5.41, 5.74) is 1.64. The van der Waals surface area contributed by atoms with E-state index in [1.54, 1.807) is 6.07 Å². The molecule has 110 valence electrons. The van der Waals surface area contributed by atoms with Gasteiger partial charge in [0.05, 0.1) is 21.4 Å². The van der Waals surface area contributed by atoms with Crippen LogP contribution in [0.5, 0.6) is 0 Å². The Bertz CT molecular complexity index is 627. The number of alkyl halides is 1. The number of imidazole rings is 1. The molecule has 0 aliphatic carbocycles. The van der Waals surface area contributed by atoms with Crippen LogP contribution in [-0.4, -0.2) is 9.55 Å². The lowest BCUT2D eigenvalue weighted by molar-refractivity contribution is 0.350. The van der Waals surface area contributed by atoms with Gasteiger partial charge < -0.3 is 4.57 Å². The minimum absolute atomic E-state index is 0.114. The Morgan fingerprint density at radius 2 is 2.00 bits per heavy atom. The van der Waals surface area contributed by atoms with E-state index < -0.39 is 5.82 Å². The lowest BCUT2D eigenvalue weighted by atomic mass is 9.92. The summed E-state index contributed by atoms with van der Waals surface area (Å²) in [5, 5.41) is -0.118. The molecule has 1 aromatic carbocycles. The second-order valence-corrected chi connectivity index (χ2v) is 7.37. The van der Waals surface area contributed by atoms with Gasteiger partial charge in [0.25, 0.3) is 0 Å². The number of aromatic nitrogens is 2. The molecule has 0 saturated carbocycles. The third-order valence-electron chi connectivity index (χ3n) is 3.26. The molecule has 2 aromatic rings. The zero-order chi connectivity index (χ0) is 15.1. The van der Waals surface area contributed by atoms with Gasteiger partial charge in [0, 0.05) is 12.6 Å². The molecule has 20 heavy (non-hydrogen) atoms. The van der Waals surface area contributed by atoms with Gasteiger partial charge in [-0.25, -0.2) is 9.37 Å². The lowest BCUT2D eigenvalue weighted by Gasteiger charge is -2.20. The van der Waals surface area contributed by atoms with E-state index in [2.05, 4.69) is 25.8 Å². The van der Waals surface area contributed by atoms with E-state index >= 15 is 0 Å². The summed E-state index contributed by atoms with van der Waals surface area (Å²) in [6.45, 7) is 9.20. The van der Waals surface area contributed by atoms with E-state index in [-0.39, 0.29) is 15.8 Å². The second-order valence-electron chi connectivity index (χ2n) is 6.30. The van der Waals surface area contributed by atoms with Crippen molar-refractivity contribution in [3.63, 3.8) is 0 Å². The third-order valence-corrected chi connectivity index (χ3v) is 3.75. The van der Waals surface area contributed by atoms with Crippen LogP contribution in [0.2, 0.25) is 5.02 Å². The van der Waals surface area contributed by atoms with Crippen LogP contribution in [0.15, 0.2) is 12.1 Å². The molecule has 0 bridgehead atoms. The molecule has 0 N–H and O–H groups in total. The highest BCUT2D eigenvalue weighted by molar-refractivity contribution is 6.31. The molecule has 2 rings (SSSR count). The molecule has 1 atom stereocenters. The molecule has 0 radical (unpaired) electrons. The number of halogens is 3. The Morgan fingerprint density at radius 3 is 2.55 bits per heavy atom. The fraction of sp³-hybridized carbons (Fsp3) is 0.533. The van der Waals surface area contributed by atoms with Crippen molar-refractivity contribution in [2.75, 3.05) is 0 Å². The number of rotatable bonds is 3. The average molecular weight is 317 g/mol. The van der Waals surface area contributed by atoms with E-state index in [0.717, 1.165) is 24.3 Å². The van der Waals surface area contributed by atoms with E-state index in [1.165, 1.54) is 6.07 Å². The molecule has 1 unspecified atom stereocenters. The molecule has 1 heterocycles. The van der Waals surface area contributed by atoms with Crippen LogP contribution in [0.4, 0.5) is 4.39 Å². The van der Waals surface area contributed by atoms with Crippen molar-refractivity contribution in [1.82, 2.24) is 9.55 Å². The number of hydrogen-bond acceptors (Lipinski definition) is 1. The van der Waals surface area contributed by atoms with Gasteiger partial charge in [0.15, 0.2) is 0 Å². The van der Waals surface area contributed by atoms with Gasteiger partial charge in [0.2, 0.25) is 0 Å². The van der Waals surface area contributed by atoms with Crippen molar-refractivity contribution in [2.45, 2.75) is 46.0 Å². The van der Waals surface area contributed by atoms with E-state index in [9.17, 15) is 4.39 Å². The van der Waals surface area contributed by atoms with Gasteiger partial charge in [-0.1, -0.05) is 32.4 Å². The first-order valence-corrected chi connectivity index (χ1v) is 7.50. The fourth-order valence-electron chi connectivity index (χ4n) is 2.12. The third kappa shape index (κ3) is 3.26. The Hall–Kier alpha value is -0.800. The number of hydrogen-bond donors (Lipinski definition) is 0. The second kappa shape index (κ2) is 5.53. The van der Waals surface area contributed by atoms with E-state index in [4.69, 9.17) is 23.2 Å². The predicted molar refractivity (Wildman–Crippen MR) is 83.0 cm³/mol. The van der Waals surface area contributed by atoms with Crippen LogP contribution in [-0.2, 0) is 6.54 Å². The molecule has 2 nitrogen and oxygen atoms in total. The SMILES string of the molecule is CC(Cl)c1nc2cc(F)c(Cl)cc2n1CCC(C)(C)C. The predicted octanol–water partition coefficient (Wildman–Crippen LogP) is 5.56. The van der Waals surface area contributed by atoms with Crippen LogP contribution in [0.25, 0.3) is 11.0 Å². The Balaban J connectivity index is 2.53. The first-order valence-electron chi connectivity index (χ1n) is 6.68. The zero-order valence-corrected chi connectivity index (χ0v) is 13.7. The van der Waals surface area contributed by atoms with Crippen molar-refractivity contribution >= 4 is 34.2 Å². The average Bonchev–Trinajstić information content (AvgIpc) is 2.64. The summed E-state index contributed by atoms with van der Waals surface area (Å²) in [5.74, 6) is 0.306. The summed E-state index contributed by atoms with van der Waals surface area (Å²) in [4.78, 5) is 4.45. The normalized spacial score (nSPS) is 13.9. The van der Waals surface area contributed by atoms with Crippen molar-refractivity contribution in [1.29, 1.82) is 0 Å². The highest BCUT2D eigenvalue weighted by Crippen LogP contribution is 2.30. The molecule has 0 amide bonds. The minimum atomic E-state index is -0.451. The maximum Gasteiger partial charge on any atom is 0.144 e. The quantitative estimate of drug-likeness (QED) is 0.677. The molecular weight excluding hydrogens is 298 g/mol. The maximum absolute atomic E-state index is 13.6. The highest BCUT2D eigenvalue weighted by atomic mass is 35.5. The number of nitrogens with zero attached hydrogens (tertiary/aromatic N) is 2. The molecule has 0 spiro atoms. The molecule has 1 aromatic heterocycles. The summed E-state index contributed by atoms with van der Waals surface area (Å²) in [6, 6.07) is 3.00. The smallest absolute Gasteiger partial charge is 0.144 e. The first-order chi connectivity index (χ1) is 9.19. The monoisotopic (exact) mass is 316 g/mol. The molecule has 0 aliphatic rings. The standard InChI is InChI=1S/C15H19Cl2FN2/c1-9(16)14-19-12-8-11(18)10(17)7-13(12)20(14)6-5-15(2,3)4/h7-9H,5-6H2,1-4H3. The van der Waals surface area contributed by atoms with Gasteiger partial charge in [-0.15, -0.1) is 11.6 Å². The van der Waals surface area contributed by atoms with Crippen LogP contribution >= 0.6 is 23.2 Å². The molecule has 0 fully saturated rings. The van der Waals surface area contributed by atoms with Gasteiger partial charge in [0.1, 0.15) is 11.6 Å². The Labute approximate surface area is 128 Å². The fourth-order valence-corrected chi connectivity index (χ4v) is 2.45. The molecular formula is C15H19Cl2FN2. The van der Waals surface area contributed by atoms with E-state index in [0.29, 0.717) is 5.52 Å². The first kappa shape index (κ1) is 15.6. The van der Waals surface area contributed by atoms with Crippen molar-refractivity contribution < 1.29 is 4.39 Å². The van der Waals surface area contributed by atoms with Crippen LogP contribution < -0.4 is 0 Å². The number of fused-ring (bicyclic) bond motifs is 1. The highest BCUT2D eigenvalue weighted by Gasteiger charge is 2.19. The molecule has 5 heteroatoms. The van der Waals surface area contributed by atoms with E-state index in [1.807, 2.05) is 11.5 Å². The van der Waals surface area contributed by atoms with Gasteiger partial charge in [-0.2, -0.15) is 0 Å². The summed E-state index contributed by atoms with van der Waals surface area (Å²) >= 11 is 12.1. The van der Waals surface area contributed by atoms with Crippen molar-refractivity contribution in [2.24, 2.45) is 5.41 Å². The van der Waals surface area contributed by atoms with Gasteiger partial charge >= 0.3 is 0 Å².